The van der Waals surface area contributed by atoms with E-state index in [2.05, 4.69) is 9.97 Å². The lowest BCUT2D eigenvalue weighted by Crippen LogP contribution is -2.22. The summed E-state index contributed by atoms with van der Waals surface area (Å²) in [6.45, 7) is 0.764. The number of carbonyl (C=O) groups is 1. The molecular weight excluding hydrogens is 242 g/mol. The highest BCUT2D eigenvalue weighted by Crippen LogP contribution is 2.10. The highest BCUT2D eigenvalue weighted by molar-refractivity contribution is 5.85. The average Bonchev–Trinajstić information content (AvgIpc) is 2.46. The van der Waals surface area contributed by atoms with Crippen LogP contribution in [0.4, 0.5) is 5.82 Å². The van der Waals surface area contributed by atoms with Crippen LogP contribution in [-0.4, -0.2) is 34.6 Å². The first kappa shape index (κ1) is 13.0. The lowest BCUT2D eigenvalue weighted by Gasteiger charge is -2.18. The maximum Gasteiger partial charge on any atom is 0.354 e. The van der Waals surface area contributed by atoms with Crippen LogP contribution in [0.2, 0.25) is 0 Å². The van der Waals surface area contributed by atoms with Gasteiger partial charge in [0.1, 0.15) is 5.82 Å². The molecule has 2 aromatic rings. The number of aromatic nitrogens is 2. The fraction of sp³-hybridized carbons (Fsp3) is 0.214. The molecule has 0 bridgehead atoms. The highest BCUT2D eigenvalue weighted by Gasteiger charge is 2.08. The van der Waals surface area contributed by atoms with Gasteiger partial charge >= 0.3 is 5.97 Å². The summed E-state index contributed by atoms with van der Waals surface area (Å²) >= 11 is 0. The Hall–Kier alpha value is -2.43. The first-order valence-corrected chi connectivity index (χ1v) is 5.97. The molecule has 1 N–H and O–H groups in total. The monoisotopic (exact) mass is 257 g/mol. The van der Waals surface area contributed by atoms with Crippen LogP contribution in [0.5, 0.6) is 0 Å². The molecule has 0 fully saturated rings. The van der Waals surface area contributed by atoms with E-state index in [4.69, 9.17) is 5.11 Å². The third-order valence-electron chi connectivity index (χ3n) is 2.83. The predicted octanol–water partition coefficient (Wildman–Crippen LogP) is 1.85. The van der Waals surface area contributed by atoms with Gasteiger partial charge in [-0.25, -0.2) is 9.78 Å². The van der Waals surface area contributed by atoms with E-state index in [0.717, 1.165) is 13.0 Å². The van der Waals surface area contributed by atoms with E-state index >= 15 is 0 Å². The third-order valence-corrected chi connectivity index (χ3v) is 2.83. The van der Waals surface area contributed by atoms with Crippen LogP contribution in [0, 0.1) is 0 Å². The fourth-order valence-corrected chi connectivity index (χ4v) is 1.72. The summed E-state index contributed by atoms with van der Waals surface area (Å²) in [7, 11) is 1.90. The summed E-state index contributed by atoms with van der Waals surface area (Å²) < 4.78 is 0. The molecule has 0 aliphatic carbocycles. The first-order valence-electron chi connectivity index (χ1n) is 5.97. The minimum atomic E-state index is -1.01. The van der Waals surface area contributed by atoms with Crippen molar-refractivity contribution in [3.05, 3.63) is 54.0 Å². The second-order valence-electron chi connectivity index (χ2n) is 4.21. The Morgan fingerprint density at radius 3 is 2.68 bits per heavy atom. The number of rotatable bonds is 5. The smallest absolute Gasteiger partial charge is 0.354 e. The van der Waals surface area contributed by atoms with Gasteiger partial charge in [0, 0.05) is 26.0 Å². The Morgan fingerprint density at radius 2 is 2.00 bits per heavy atom. The molecule has 2 heterocycles. The second kappa shape index (κ2) is 5.95. The molecule has 0 aliphatic heterocycles. The van der Waals surface area contributed by atoms with Crippen molar-refractivity contribution in [2.24, 2.45) is 0 Å². The van der Waals surface area contributed by atoms with Crippen molar-refractivity contribution in [3.63, 3.8) is 0 Å². The van der Waals surface area contributed by atoms with Gasteiger partial charge in [-0.3, -0.25) is 4.98 Å². The van der Waals surface area contributed by atoms with Crippen molar-refractivity contribution in [2.45, 2.75) is 6.42 Å². The molecule has 2 aromatic heterocycles. The lowest BCUT2D eigenvalue weighted by molar-refractivity contribution is 0.0690. The zero-order valence-electron chi connectivity index (χ0n) is 10.7. The molecule has 0 saturated carbocycles. The largest absolute Gasteiger partial charge is 0.477 e. The van der Waals surface area contributed by atoms with Gasteiger partial charge in [-0.05, 0) is 36.2 Å². The summed E-state index contributed by atoms with van der Waals surface area (Å²) in [4.78, 5) is 20.9. The van der Waals surface area contributed by atoms with E-state index in [0.29, 0.717) is 5.82 Å². The zero-order chi connectivity index (χ0) is 13.7. The molecule has 0 aliphatic rings. The number of aromatic carboxylic acids is 1. The molecule has 0 atom stereocenters. The number of hydrogen-bond acceptors (Lipinski definition) is 4. The van der Waals surface area contributed by atoms with Crippen LogP contribution >= 0.6 is 0 Å². The molecule has 0 spiro atoms. The van der Waals surface area contributed by atoms with Crippen LogP contribution in [0.15, 0.2) is 42.7 Å². The summed E-state index contributed by atoms with van der Waals surface area (Å²) in [5.41, 5.74) is 1.25. The number of carboxylic acids is 1. The normalized spacial score (nSPS) is 10.2. The van der Waals surface area contributed by atoms with Gasteiger partial charge in [0.15, 0.2) is 5.69 Å². The minimum Gasteiger partial charge on any atom is -0.477 e. The van der Waals surface area contributed by atoms with Crippen molar-refractivity contribution in [3.8, 4) is 0 Å². The summed E-state index contributed by atoms with van der Waals surface area (Å²) in [6.07, 6.45) is 4.38. The Morgan fingerprint density at radius 1 is 1.26 bits per heavy atom. The molecule has 0 aromatic carbocycles. The first-order chi connectivity index (χ1) is 9.16. The Labute approximate surface area is 111 Å². The molecule has 2 rings (SSSR count). The number of hydrogen-bond donors (Lipinski definition) is 1. The maximum atomic E-state index is 10.9. The quantitative estimate of drug-likeness (QED) is 0.885. The minimum absolute atomic E-state index is 0.0632. The lowest BCUT2D eigenvalue weighted by atomic mass is 10.2. The molecule has 98 valence electrons. The molecule has 0 saturated heterocycles. The Bertz CT molecular complexity index is 558. The van der Waals surface area contributed by atoms with Gasteiger partial charge in [-0.2, -0.15) is 0 Å². The molecular formula is C14H15N3O2. The number of pyridine rings is 2. The van der Waals surface area contributed by atoms with Gasteiger partial charge in [0.2, 0.25) is 0 Å². The van der Waals surface area contributed by atoms with Gasteiger partial charge in [-0.1, -0.05) is 6.07 Å². The van der Waals surface area contributed by atoms with Crippen molar-refractivity contribution >= 4 is 11.8 Å². The van der Waals surface area contributed by atoms with E-state index in [1.807, 2.05) is 24.1 Å². The van der Waals surface area contributed by atoms with Gasteiger partial charge in [0.25, 0.3) is 0 Å². The van der Waals surface area contributed by atoms with E-state index in [9.17, 15) is 4.79 Å². The SMILES string of the molecule is CN(CCc1ccncc1)c1cccc(C(=O)O)n1. The summed E-state index contributed by atoms with van der Waals surface area (Å²) in [6, 6.07) is 8.93. The van der Waals surface area contributed by atoms with Crippen LogP contribution in [0.3, 0.4) is 0 Å². The van der Waals surface area contributed by atoms with Crippen molar-refractivity contribution in [1.82, 2.24) is 9.97 Å². The summed E-state index contributed by atoms with van der Waals surface area (Å²) in [5, 5.41) is 8.91. The van der Waals surface area contributed by atoms with Gasteiger partial charge in [0.05, 0.1) is 0 Å². The molecule has 0 amide bonds. The van der Waals surface area contributed by atoms with E-state index < -0.39 is 5.97 Å². The third kappa shape index (κ3) is 3.51. The standard InChI is InChI=1S/C14H15N3O2/c1-17(10-7-11-5-8-15-9-6-11)13-4-2-3-12(16-13)14(18)19/h2-6,8-9H,7,10H2,1H3,(H,18,19). The highest BCUT2D eigenvalue weighted by atomic mass is 16.4. The van der Waals surface area contributed by atoms with Gasteiger partial charge in [-0.15, -0.1) is 0 Å². The molecule has 0 unspecified atom stereocenters. The van der Waals surface area contributed by atoms with Crippen LogP contribution < -0.4 is 4.90 Å². The Balaban J connectivity index is 2.02. The van der Waals surface area contributed by atoms with Crippen molar-refractivity contribution < 1.29 is 9.90 Å². The zero-order valence-corrected chi connectivity index (χ0v) is 10.7. The Kier molecular flexibility index (Phi) is 4.07. The second-order valence-corrected chi connectivity index (χ2v) is 4.21. The van der Waals surface area contributed by atoms with Crippen LogP contribution in [-0.2, 0) is 6.42 Å². The van der Waals surface area contributed by atoms with Crippen LogP contribution in [0.1, 0.15) is 16.1 Å². The maximum absolute atomic E-state index is 10.9. The molecule has 0 radical (unpaired) electrons. The van der Waals surface area contributed by atoms with E-state index in [1.54, 1.807) is 24.5 Å². The molecule has 5 heteroatoms. The van der Waals surface area contributed by atoms with E-state index in [1.165, 1.54) is 11.6 Å². The molecule has 19 heavy (non-hydrogen) atoms. The van der Waals surface area contributed by atoms with Gasteiger partial charge < -0.3 is 10.0 Å². The number of nitrogens with zero attached hydrogens (tertiary/aromatic N) is 3. The number of anilines is 1. The summed E-state index contributed by atoms with van der Waals surface area (Å²) in [5.74, 6) is -0.349. The topological polar surface area (TPSA) is 66.3 Å². The van der Waals surface area contributed by atoms with Crippen LogP contribution in [0.25, 0.3) is 0 Å². The predicted molar refractivity (Wildman–Crippen MR) is 72.4 cm³/mol. The van der Waals surface area contributed by atoms with Crippen molar-refractivity contribution in [2.75, 3.05) is 18.5 Å². The van der Waals surface area contributed by atoms with E-state index in [-0.39, 0.29) is 5.69 Å². The van der Waals surface area contributed by atoms with Crippen molar-refractivity contribution in [1.29, 1.82) is 0 Å². The average molecular weight is 257 g/mol. The number of likely N-dealkylation sites (N-methyl/N-ethyl adjacent to an activating group) is 1. The molecule has 5 nitrogen and oxygen atoms in total. The number of carboxylic acid groups (broad SMARTS) is 1. The fourth-order valence-electron chi connectivity index (χ4n) is 1.72.